The molecule has 0 bridgehead atoms. The van der Waals surface area contributed by atoms with Crippen LogP contribution in [0.2, 0.25) is 0 Å². The fourth-order valence-corrected chi connectivity index (χ4v) is 4.19. The number of thioether (sulfide) groups is 2. The topological polar surface area (TPSA) is 167 Å². The molecular weight excluding hydrogens is 490 g/mol. The molecule has 0 saturated carbocycles. The molecule has 12 nitrogen and oxygen atoms in total. The lowest BCUT2D eigenvalue weighted by Crippen LogP contribution is -2.13. The average Bonchev–Trinajstić information content (AvgIpc) is 3.64. The molecule has 0 unspecified atom stereocenters. The molecule has 3 heterocycles. The number of anilines is 2. The first-order valence-electron chi connectivity index (χ1n) is 10.2. The van der Waals surface area contributed by atoms with Gasteiger partial charge >= 0.3 is 0 Å². The van der Waals surface area contributed by atoms with E-state index in [4.69, 9.17) is 4.42 Å². The van der Waals surface area contributed by atoms with Crippen molar-refractivity contribution < 1.29 is 14.0 Å². The maximum Gasteiger partial charge on any atom is 0.234 e. The second kappa shape index (κ2) is 10.4. The van der Waals surface area contributed by atoms with E-state index in [1.807, 2.05) is 12.1 Å². The van der Waals surface area contributed by atoms with Crippen LogP contribution in [0.3, 0.4) is 0 Å². The van der Waals surface area contributed by atoms with Crippen LogP contribution in [-0.4, -0.2) is 59.1 Å². The summed E-state index contributed by atoms with van der Waals surface area (Å²) >= 11 is 2.57. The van der Waals surface area contributed by atoms with Gasteiger partial charge in [-0.2, -0.15) is 20.6 Å². The van der Waals surface area contributed by atoms with Crippen LogP contribution in [0.1, 0.15) is 0 Å². The number of rotatable bonds is 9. The lowest BCUT2D eigenvalue weighted by atomic mass is 10.2. The summed E-state index contributed by atoms with van der Waals surface area (Å²) in [6, 6.07) is 12.5. The van der Waals surface area contributed by atoms with Crippen molar-refractivity contribution in [1.82, 2.24) is 35.8 Å². The van der Waals surface area contributed by atoms with Crippen molar-refractivity contribution in [2.45, 2.75) is 10.1 Å². The molecule has 0 aliphatic heterocycles. The second-order valence-corrected chi connectivity index (χ2v) is 9.06. The number of fused-ring (bicyclic) bond motifs is 1. The van der Waals surface area contributed by atoms with E-state index in [0.717, 1.165) is 5.56 Å². The highest BCUT2D eigenvalue weighted by molar-refractivity contribution is 8.00. The van der Waals surface area contributed by atoms with Gasteiger partial charge in [-0.1, -0.05) is 23.5 Å². The number of aromatic nitrogens is 7. The molecule has 5 aromatic rings. The molecule has 5 rings (SSSR count). The van der Waals surface area contributed by atoms with Gasteiger partial charge in [-0.15, -0.1) is 10.2 Å². The van der Waals surface area contributed by atoms with Crippen LogP contribution in [0.5, 0.6) is 0 Å². The van der Waals surface area contributed by atoms with Gasteiger partial charge in [-0.05, 0) is 42.5 Å². The van der Waals surface area contributed by atoms with Crippen molar-refractivity contribution in [3.8, 4) is 11.5 Å². The lowest BCUT2D eigenvalue weighted by Gasteiger charge is -2.04. The molecule has 0 saturated heterocycles. The zero-order valence-electron chi connectivity index (χ0n) is 17.9. The standard InChI is InChI=1S/C21H17N9O3S2/c31-17(10-34-19-8-22-29-27-19)24-13-3-1-12(2-4-13)21-26-15-7-14(5-6-16(15)33-21)25-18(32)11-35-20-9-23-30-28-20/h1-9H,10-11H2,(H,24,31)(H,25,32)(H,22,27,29)(H,23,28,30). The number of hydrogen-bond donors (Lipinski definition) is 4. The number of oxazole rings is 1. The van der Waals surface area contributed by atoms with Gasteiger partial charge in [0.25, 0.3) is 0 Å². The Morgan fingerprint density at radius 2 is 1.43 bits per heavy atom. The molecule has 0 aliphatic carbocycles. The number of amides is 2. The van der Waals surface area contributed by atoms with Gasteiger partial charge in [0.1, 0.15) is 15.6 Å². The first-order valence-corrected chi connectivity index (χ1v) is 12.2. The Morgan fingerprint density at radius 1 is 0.829 bits per heavy atom. The summed E-state index contributed by atoms with van der Waals surface area (Å²) in [5.41, 5.74) is 3.24. The smallest absolute Gasteiger partial charge is 0.234 e. The molecule has 35 heavy (non-hydrogen) atoms. The SMILES string of the molecule is O=C(CSc1cn[nH]n1)Nc1ccc(-c2nc3cc(NC(=O)CSc4cn[nH]n4)ccc3o2)cc1. The number of benzene rings is 2. The number of carbonyl (C=O) groups is 2. The molecule has 14 heteroatoms. The molecule has 0 atom stereocenters. The summed E-state index contributed by atoms with van der Waals surface area (Å²) in [6.45, 7) is 0. The zero-order valence-corrected chi connectivity index (χ0v) is 19.5. The van der Waals surface area contributed by atoms with Crippen LogP contribution in [0.4, 0.5) is 11.4 Å². The quantitative estimate of drug-likeness (QED) is 0.217. The van der Waals surface area contributed by atoms with Gasteiger partial charge < -0.3 is 15.1 Å². The van der Waals surface area contributed by atoms with E-state index in [-0.39, 0.29) is 23.3 Å². The average molecular weight is 508 g/mol. The van der Waals surface area contributed by atoms with Crippen molar-refractivity contribution in [3.63, 3.8) is 0 Å². The van der Waals surface area contributed by atoms with E-state index < -0.39 is 0 Å². The zero-order chi connectivity index (χ0) is 24.0. The summed E-state index contributed by atoms with van der Waals surface area (Å²) < 4.78 is 5.86. The Bertz CT molecular complexity index is 1440. The lowest BCUT2D eigenvalue weighted by molar-refractivity contribution is -0.114. The first kappa shape index (κ1) is 22.6. The maximum absolute atomic E-state index is 12.2. The van der Waals surface area contributed by atoms with Crippen molar-refractivity contribution in [2.75, 3.05) is 22.1 Å². The van der Waals surface area contributed by atoms with E-state index in [2.05, 4.69) is 46.4 Å². The van der Waals surface area contributed by atoms with Crippen LogP contribution in [0, 0.1) is 0 Å². The number of aromatic amines is 2. The Kier molecular flexibility index (Phi) is 6.72. The number of carbonyl (C=O) groups excluding carboxylic acids is 2. The molecule has 3 aromatic heterocycles. The minimum absolute atomic E-state index is 0.151. The van der Waals surface area contributed by atoms with Crippen LogP contribution < -0.4 is 10.6 Å². The fraction of sp³-hybridized carbons (Fsp3) is 0.0952. The predicted octanol–water partition coefficient (Wildman–Crippen LogP) is 3.19. The van der Waals surface area contributed by atoms with E-state index in [1.165, 1.54) is 23.5 Å². The van der Waals surface area contributed by atoms with Gasteiger partial charge in [-0.25, -0.2) is 4.98 Å². The monoisotopic (exact) mass is 507 g/mol. The number of hydrogen-bond acceptors (Lipinski definition) is 10. The molecule has 4 N–H and O–H groups in total. The Labute approximate surface area is 206 Å². The minimum atomic E-state index is -0.168. The number of nitrogens with one attached hydrogen (secondary N) is 4. The summed E-state index contributed by atoms with van der Waals surface area (Å²) in [7, 11) is 0. The van der Waals surface area contributed by atoms with Crippen LogP contribution in [0.25, 0.3) is 22.6 Å². The first-order chi connectivity index (χ1) is 17.1. The third-order valence-corrected chi connectivity index (χ3v) is 6.37. The Balaban J connectivity index is 1.19. The van der Waals surface area contributed by atoms with Crippen molar-refractivity contribution in [3.05, 3.63) is 54.9 Å². The summed E-state index contributed by atoms with van der Waals surface area (Å²) in [5.74, 6) is 0.539. The van der Waals surface area contributed by atoms with Crippen molar-refractivity contribution in [2.24, 2.45) is 0 Å². The van der Waals surface area contributed by atoms with Gasteiger partial charge in [0.05, 0.1) is 23.9 Å². The third-order valence-electron chi connectivity index (χ3n) is 4.58. The van der Waals surface area contributed by atoms with Gasteiger partial charge in [0.2, 0.25) is 17.7 Å². The molecule has 0 radical (unpaired) electrons. The van der Waals surface area contributed by atoms with Crippen molar-refractivity contribution >= 4 is 57.8 Å². The van der Waals surface area contributed by atoms with E-state index >= 15 is 0 Å². The molecule has 0 aliphatic rings. The molecule has 2 amide bonds. The molecule has 0 spiro atoms. The summed E-state index contributed by atoms with van der Waals surface area (Å²) in [5, 5.41) is 27.2. The summed E-state index contributed by atoms with van der Waals surface area (Å²) in [4.78, 5) is 28.9. The van der Waals surface area contributed by atoms with Gasteiger partial charge in [0.15, 0.2) is 5.58 Å². The van der Waals surface area contributed by atoms with E-state index in [0.29, 0.717) is 38.4 Å². The normalized spacial score (nSPS) is 11.0. The van der Waals surface area contributed by atoms with Crippen LogP contribution in [-0.2, 0) is 9.59 Å². The molecule has 0 fully saturated rings. The molecular formula is C21H17N9O3S2. The van der Waals surface area contributed by atoms with Crippen LogP contribution in [0.15, 0.2) is 69.3 Å². The highest BCUT2D eigenvalue weighted by atomic mass is 32.2. The molecule has 2 aromatic carbocycles. The minimum Gasteiger partial charge on any atom is -0.436 e. The number of H-pyrrole nitrogens is 2. The van der Waals surface area contributed by atoms with E-state index in [9.17, 15) is 9.59 Å². The molecule has 176 valence electrons. The second-order valence-electron chi connectivity index (χ2n) is 7.07. The highest BCUT2D eigenvalue weighted by Crippen LogP contribution is 2.27. The third kappa shape index (κ3) is 5.85. The largest absolute Gasteiger partial charge is 0.436 e. The summed E-state index contributed by atoms with van der Waals surface area (Å²) in [6.07, 6.45) is 3.12. The Hall–Kier alpha value is -4.17. The van der Waals surface area contributed by atoms with E-state index in [1.54, 1.807) is 42.7 Å². The predicted molar refractivity (Wildman–Crippen MR) is 131 cm³/mol. The number of nitrogens with zero attached hydrogens (tertiary/aromatic N) is 5. The Morgan fingerprint density at radius 3 is 2.03 bits per heavy atom. The maximum atomic E-state index is 12.2. The van der Waals surface area contributed by atoms with Gasteiger partial charge in [0, 0.05) is 16.9 Å². The fourth-order valence-electron chi connectivity index (χ4n) is 3.02. The highest BCUT2D eigenvalue weighted by Gasteiger charge is 2.12. The van der Waals surface area contributed by atoms with Crippen molar-refractivity contribution in [1.29, 1.82) is 0 Å². The van der Waals surface area contributed by atoms with Gasteiger partial charge in [-0.3, -0.25) is 9.59 Å². The van der Waals surface area contributed by atoms with Crippen LogP contribution >= 0.6 is 23.5 Å².